The highest BCUT2D eigenvalue weighted by Crippen LogP contribution is 2.29. The maximum Gasteiger partial charge on any atom is 0.343 e. The minimum absolute atomic E-state index is 0.00860. The topological polar surface area (TPSA) is 75.0 Å². The molecule has 0 saturated heterocycles. The monoisotopic (exact) mass is 458 g/mol. The third-order valence-electron chi connectivity index (χ3n) is 5.45. The van der Waals surface area contributed by atoms with Crippen LogP contribution in [0, 0.1) is 6.92 Å². The van der Waals surface area contributed by atoms with E-state index in [1.165, 1.54) is 6.07 Å². The average Bonchev–Trinajstić information content (AvgIpc) is 2.81. The summed E-state index contributed by atoms with van der Waals surface area (Å²) in [7, 11) is 1.56. The van der Waals surface area contributed by atoms with Gasteiger partial charge < -0.3 is 18.6 Å². The van der Waals surface area contributed by atoms with E-state index in [4.69, 9.17) is 18.6 Å². The predicted molar refractivity (Wildman–Crippen MR) is 130 cm³/mol. The van der Waals surface area contributed by atoms with Crippen LogP contribution < -0.4 is 19.6 Å². The van der Waals surface area contributed by atoms with Gasteiger partial charge in [-0.15, -0.1) is 0 Å². The van der Waals surface area contributed by atoms with Crippen LogP contribution in [0.15, 0.2) is 75.9 Å². The Hall–Kier alpha value is -4.06. The number of carbonyl (C=O) groups is 1. The molecule has 3 aromatic carbocycles. The van der Waals surface area contributed by atoms with E-state index in [-0.39, 0.29) is 22.3 Å². The first-order chi connectivity index (χ1) is 16.2. The number of rotatable bonds is 5. The van der Waals surface area contributed by atoms with Gasteiger partial charge in [0.15, 0.2) is 0 Å². The van der Waals surface area contributed by atoms with Gasteiger partial charge in [0.1, 0.15) is 28.6 Å². The van der Waals surface area contributed by atoms with E-state index in [2.05, 4.69) is 20.8 Å². The molecule has 174 valence electrons. The van der Waals surface area contributed by atoms with E-state index in [1.807, 2.05) is 12.1 Å². The van der Waals surface area contributed by atoms with Crippen LogP contribution in [-0.2, 0) is 5.41 Å². The van der Waals surface area contributed by atoms with Crippen LogP contribution in [0.25, 0.3) is 11.0 Å². The molecule has 0 aliphatic rings. The van der Waals surface area contributed by atoms with Gasteiger partial charge in [0, 0.05) is 12.1 Å². The normalized spacial score (nSPS) is 11.3. The third kappa shape index (κ3) is 4.81. The quantitative estimate of drug-likeness (QED) is 0.254. The molecule has 0 aliphatic carbocycles. The van der Waals surface area contributed by atoms with Crippen LogP contribution >= 0.6 is 0 Å². The zero-order chi connectivity index (χ0) is 24.5. The lowest BCUT2D eigenvalue weighted by molar-refractivity contribution is 0.0735. The largest absolute Gasteiger partial charge is 0.497 e. The molecule has 0 unspecified atom stereocenters. The van der Waals surface area contributed by atoms with Crippen LogP contribution in [0.3, 0.4) is 0 Å². The summed E-state index contributed by atoms with van der Waals surface area (Å²) in [5.74, 6) is 1.25. The SMILES string of the molecule is COc1cccc(Oc2c(C)oc3cc(OC(=O)c4ccc(C(C)(C)C)cc4)ccc3c2=O)c1. The molecule has 1 aromatic heterocycles. The molecule has 4 rings (SSSR count). The number of carbonyl (C=O) groups excluding carboxylic acids is 1. The van der Waals surface area contributed by atoms with Gasteiger partial charge in [-0.3, -0.25) is 4.79 Å². The fourth-order valence-electron chi connectivity index (χ4n) is 3.50. The number of ether oxygens (including phenoxy) is 3. The number of methoxy groups -OCH3 is 1. The Bertz CT molecular complexity index is 1410. The summed E-state index contributed by atoms with van der Waals surface area (Å²) < 4.78 is 22.4. The van der Waals surface area contributed by atoms with E-state index in [0.29, 0.717) is 33.8 Å². The first kappa shape index (κ1) is 23.1. The lowest BCUT2D eigenvalue weighted by Crippen LogP contribution is -2.13. The van der Waals surface area contributed by atoms with Crippen molar-refractivity contribution in [1.82, 2.24) is 0 Å². The summed E-state index contributed by atoms with van der Waals surface area (Å²) in [6.45, 7) is 7.97. The summed E-state index contributed by atoms with van der Waals surface area (Å²) >= 11 is 0. The molecular weight excluding hydrogens is 432 g/mol. The maximum absolute atomic E-state index is 13.1. The summed E-state index contributed by atoms with van der Waals surface area (Å²) in [6.07, 6.45) is 0. The Balaban J connectivity index is 1.59. The van der Waals surface area contributed by atoms with Crippen LogP contribution in [0.4, 0.5) is 0 Å². The zero-order valence-electron chi connectivity index (χ0n) is 19.8. The van der Waals surface area contributed by atoms with Crippen molar-refractivity contribution >= 4 is 16.9 Å². The van der Waals surface area contributed by atoms with Gasteiger partial charge in [-0.1, -0.05) is 39.0 Å². The Morgan fingerprint density at radius 2 is 1.59 bits per heavy atom. The average molecular weight is 459 g/mol. The standard InChI is InChI=1S/C28H26O6/c1-17-26(33-21-8-6-7-20(15-21)31-5)25(29)23-14-13-22(16-24(23)32-17)34-27(30)18-9-11-19(12-10-18)28(2,3)4/h6-16H,1-5H3. The smallest absolute Gasteiger partial charge is 0.343 e. The second-order valence-electron chi connectivity index (χ2n) is 8.97. The van der Waals surface area contributed by atoms with Gasteiger partial charge in [0.2, 0.25) is 11.2 Å². The van der Waals surface area contributed by atoms with Crippen molar-refractivity contribution in [2.75, 3.05) is 7.11 Å². The van der Waals surface area contributed by atoms with Crippen molar-refractivity contribution in [3.8, 4) is 23.0 Å². The van der Waals surface area contributed by atoms with Crippen LogP contribution in [0.5, 0.6) is 23.0 Å². The first-order valence-electron chi connectivity index (χ1n) is 10.9. The molecule has 0 bridgehead atoms. The second kappa shape index (κ2) is 9.06. The van der Waals surface area contributed by atoms with Gasteiger partial charge in [0.05, 0.1) is 18.1 Å². The van der Waals surface area contributed by atoms with Crippen LogP contribution in [0.2, 0.25) is 0 Å². The number of hydrogen-bond donors (Lipinski definition) is 0. The lowest BCUT2D eigenvalue weighted by Gasteiger charge is -2.18. The molecule has 1 heterocycles. The van der Waals surface area contributed by atoms with Crippen molar-refractivity contribution in [2.24, 2.45) is 0 Å². The number of aryl methyl sites for hydroxylation is 1. The van der Waals surface area contributed by atoms with Gasteiger partial charge in [-0.05, 0) is 54.3 Å². The molecule has 0 atom stereocenters. The summed E-state index contributed by atoms with van der Waals surface area (Å²) in [5.41, 5.74) is 1.53. The molecule has 0 spiro atoms. The summed E-state index contributed by atoms with van der Waals surface area (Å²) in [6, 6.07) is 18.9. The second-order valence-corrected chi connectivity index (χ2v) is 8.97. The number of fused-ring (bicyclic) bond motifs is 1. The van der Waals surface area contributed by atoms with Crippen LogP contribution in [0.1, 0.15) is 42.5 Å². The molecule has 6 heteroatoms. The minimum Gasteiger partial charge on any atom is -0.497 e. The number of benzene rings is 3. The van der Waals surface area contributed by atoms with Crippen molar-refractivity contribution in [3.63, 3.8) is 0 Å². The number of esters is 1. The molecule has 0 aliphatic heterocycles. The molecule has 0 amide bonds. The molecular formula is C28H26O6. The van der Waals surface area contributed by atoms with Gasteiger partial charge in [-0.2, -0.15) is 0 Å². The summed E-state index contributed by atoms with van der Waals surface area (Å²) in [4.78, 5) is 25.7. The molecule has 0 saturated carbocycles. The van der Waals surface area contributed by atoms with Crippen LogP contribution in [-0.4, -0.2) is 13.1 Å². The highest BCUT2D eigenvalue weighted by Gasteiger charge is 2.17. The van der Waals surface area contributed by atoms with E-state index < -0.39 is 5.97 Å². The maximum atomic E-state index is 13.1. The first-order valence-corrected chi connectivity index (χ1v) is 10.9. The summed E-state index contributed by atoms with van der Waals surface area (Å²) in [5, 5.41) is 0.317. The van der Waals surface area contributed by atoms with Gasteiger partial charge in [-0.25, -0.2) is 4.79 Å². The van der Waals surface area contributed by atoms with E-state index in [0.717, 1.165) is 5.56 Å². The Morgan fingerprint density at radius 3 is 2.26 bits per heavy atom. The number of hydrogen-bond acceptors (Lipinski definition) is 6. The van der Waals surface area contributed by atoms with Crippen molar-refractivity contribution in [2.45, 2.75) is 33.1 Å². The fourth-order valence-corrected chi connectivity index (χ4v) is 3.50. The molecule has 6 nitrogen and oxygen atoms in total. The molecule has 0 N–H and O–H groups in total. The van der Waals surface area contributed by atoms with Gasteiger partial charge in [0.25, 0.3) is 0 Å². The molecule has 0 fully saturated rings. The lowest BCUT2D eigenvalue weighted by atomic mass is 9.87. The van der Waals surface area contributed by atoms with Gasteiger partial charge >= 0.3 is 5.97 Å². The van der Waals surface area contributed by atoms with Crippen molar-refractivity contribution < 1.29 is 23.4 Å². The molecule has 4 aromatic rings. The molecule has 34 heavy (non-hydrogen) atoms. The fraction of sp³-hybridized carbons (Fsp3) is 0.214. The van der Waals surface area contributed by atoms with E-state index in [9.17, 15) is 9.59 Å². The zero-order valence-corrected chi connectivity index (χ0v) is 19.8. The minimum atomic E-state index is -0.489. The highest BCUT2D eigenvalue weighted by molar-refractivity contribution is 5.91. The third-order valence-corrected chi connectivity index (χ3v) is 5.45. The Kier molecular flexibility index (Phi) is 6.16. The Morgan fingerprint density at radius 1 is 0.882 bits per heavy atom. The van der Waals surface area contributed by atoms with E-state index >= 15 is 0 Å². The van der Waals surface area contributed by atoms with Crippen molar-refractivity contribution in [3.05, 3.63) is 93.8 Å². The van der Waals surface area contributed by atoms with Crippen molar-refractivity contribution in [1.29, 1.82) is 0 Å². The Labute approximate surface area is 197 Å². The molecule has 0 radical (unpaired) electrons. The highest BCUT2D eigenvalue weighted by atomic mass is 16.5. The predicted octanol–water partition coefficient (Wildman–Crippen LogP) is 6.42. The van der Waals surface area contributed by atoms with E-state index in [1.54, 1.807) is 62.6 Å².